The fourth-order valence-corrected chi connectivity index (χ4v) is 3.88. The molecule has 4 rings (SSSR count). The minimum Gasteiger partial charge on any atom is -0.270 e. The van der Waals surface area contributed by atoms with Crippen molar-refractivity contribution in [2.75, 3.05) is 7.05 Å². The number of benzene rings is 1. The molecule has 2 aliphatic heterocycles. The van der Waals surface area contributed by atoms with Crippen LogP contribution in [0, 0.1) is 27.7 Å². The summed E-state index contributed by atoms with van der Waals surface area (Å²) in [5, 5.41) is 0. The van der Waals surface area contributed by atoms with Crippen molar-refractivity contribution in [1.82, 2.24) is 14.4 Å². The first-order chi connectivity index (χ1) is 12.7. The Balaban J connectivity index is 1.78. The first kappa shape index (κ1) is 17.5. The number of rotatable bonds is 2. The number of aromatic nitrogens is 2. The van der Waals surface area contributed by atoms with Gasteiger partial charge < -0.3 is 0 Å². The van der Waals surface area contributed by atoms with E-state index in [1.807, 2.05) is 62.1 Å². The summed E-state index contributed by atoms with van der Waals surface area (Å²) in [6, 6.07) is 5.16. The van der Waals surface area contributed by atoms with E-state index in [1.54, 1.807) is 7.05 Å². The highest BCUT2D eigenvalue weighted by atomic mass is 16.2. The number of hydrogen-bond acceptors (Lipinski definition) is 3. The van der Waals surface area contributed by atoms with Crippen LogP contribution in [0.25, 0.3) is 0 Å². The number of carbonyl (C=O) groups is 2. The van der Waals surface area contributed by atoms with Gasteiger partial charge in [0.1, 0.15) is 11.4 Å². The van der Waals surface area contributed by atoms with E-state index < -0.39 is 6.04 Å². The third-order valence-electron chi connectivity index (χ3n) is 5.82. The second-order valence-corrected chi connectivity index (χ2v) is 7.47. The maximum Gasteiger partial charge on any atom is 0.401 e. The Bertz CT molecular complexity index is 1030. The van der Waals surface area contributed by atoms with E-state index >= 15 is 0 Å². The SMILES string of the molecule is Cc1ccc(C)c(CN2C(=O)C3C(=Nc4n3c(C)c(C)[n+]4C)N(C)C2=O)c1. The molecule has 1 aromatic carbocycles. The van der Waals surface area contributed by atoms with Crippen LogP contribution in [0.1, 0.15) is 34.1 Å². The summed E-state index contributed by atoms with van der Waals surface area (Å²) in [4.78, 5) is 33.7. The maximum atomic E-state index is 13.4. The van der Waals surface area contributed by atoms with E-state index in [1.165, 1.54) is 9.80 Å². The van der Waals surface area contributed by atoms with Gasteiger partial charge in [-0.05, 0) is 38.8 Å². The number of imidazole rings is 1. The molecule has 7 heteroatoms. The van der Waals surface area contributed by atoms with Gasteiger partial charge in [0, 0.05) is 7.05 Å². The normalized spacial score (nSPS) is 18.7. The molecule has 7 nitrogen and oxygen atoms in total. The molecule has 0 aliphatic carbocycles. The fourth-order valence-electron chi connectivity index (χ4n) is 3.88. The van der Waals surface area contributed by atoms with Crippen molar-refractivity contribution in [1.29, 1.82) is 0 Å². The van der Waals surface area contributed by atoms with Gasteiger partial charge in [0.2, 0.25) is 11.9 Å². The van der Waals surface area contributed by atoms with Crippen LogP contribution in [0.4, 0.5) is 10.7 Å². The summed E-state index contributed by atoms with van der Waals surface area (Å²) >= 11 is 0. The lowest BCUT2D eigenvalue weighted by molar-refractivity contribution is -0.663. The van der Waals surface area contributed by atoms with E-state index in [0.29, 0.717) is 11.8 Å². The molecular formula is C20H24N5O2+. The van der Waals surface area contributed by atoms with Gasteiger partial charge in [0.15, 0.2) is 0 Å². The lowest BCUT2D eigenvalue weighted by atomic mass is 10.0. The van der Waals surface area contributed by atoms with Crippen molar-refractivity contribution in [3.63, 3.8) is 0 Å². The maximum absolute atomic E-state index is 13.4. The zero-order chi connectivity index (χ0) is 19.6. The van der Waals surface area contributed by atoms with Gasteiger partial charge in [-0.2, -0.15) is 0 Å². The molecule has 2 aromatic rings. The van der Waals surface area contributed by atoms with Crippen molar-refractivity contribution >= 4 is 23.7 Å². The lowest BCUT2D eigenvalue weighted by Crippen LogP contribution is -2.57. The van der Waals surface area contributed by atoms with E-state index in [2.05, 4.69) is 4.99 Å². The summed E-state index contributed by atoms with van der Waals surface area (Å²) in [5.74, 6) is 0.970. The zero-order valence-corrected chi connectivity index (χ0v) is 16.6. The highest BCUT2D eigenvalue weighted by molar-refractivity contribution is 6.20. The van der Waals surface area contributed by atoms with Crippen LogP contribution >= 0.6 is 0 Å². The molecule has 0 bridgehead atoms. The molecule has 1 fully saturated rings. The van der Waals surface area contributed by atoms with E-state index in [4.69, 9.17) is 0 Å². The van der Waals surface area contributed by atoms with Crippen LogP contribution in [-0.4, -0.2) is 39.2 Å². The van der Waals surface area contributed by atoms with Crippen LogP contribution in [0.3, 0.4) is 0 Å². The van der Waals surface area contributed by atoms with Gasteiger partial charge in [-0.25, -0.2) is 13.9 Å². The molecule has 27 heavy (non-hydrogen) atoms. The number of amidine groups is 1. The molecule has 1 atom stereocenters. The first-order valence-corrected chi connectivity index (χ1v) is 9.03. The number of fused-ring (bicyclic) bond motifs is 3. The molecule has 0 radical (unpaired) electrons. The quantitative estimate of drug-likeness (QED) is 0.765. The van der Waals surface area contributed by atoms with Crippen molar-refractivity contribution in [2.45, 2.75) is 40.3 Å². The molecule has 140 valence electrons. The largest absolute Gasteiger partial charge is 0.401 e. The number of imide groups is 1. The number of amides is 3. The van der Waals surface area contributed by atoms with Crippen molar-refractivity contribution in [2.24, 2.45) is 12.0 Å². The molecular weight excluding hydrogens is 342 g/mol. The number of nitrogens with zero attached hydrogens (tertiary/aromatic N) is 5. The Morgan fingerprint density at radius 2 is 1.85 bits per heavy atom. The van der Waals surface area contributed by atoms with Gasteiger partial charge in [-0.3, -0.25) is 14.6 Å². The number of aryl methyl sites for hydroxylation is 2. The van der Waals surface area contributed by atoms with Gasteiger partial charge in [0.25, 0.3) is 5.91 Å². The Hall–Kier alpha value is -2.96. The average molecular weight is 366 g/mol. The van der Waals surface area contributed by atoms with Gasteiger partial charge >= 0.3 is 12.0 Å². The second-order valence-electron chi connectivity index (χ2n) is 7.47. The smallest absolute Gasteiger partial charge is 0.270 e. The van der Waals surface area contributed by atoms with E-state index in [9.17, 15) is 9.59 Å². The van der Waals surface area contributed by atoms with Crippen molar-refractivity contribution in [3.8, 4) is 0 Å². The van der Waals surface area contributed by atoms with Crippen molar-refractivity contribution < 1.29 is 14.2 Å². The molecule has 0 spiro atoms. The molecule has 1 unspecified atom stereocenters. The number of urea groups is 1. The molecule has 1 saturated heterocycles. The van der Waals surface area contributed by atoms with Crippen LogP contribution in [-0.2, 0) is 18.4 Å². The highest BCUT2D eigenvalue weighted by Gasteiger charge is 2.53. The third-order valence-corrected chi connectivity index (χ3v) is 5.82. The predicted octanol–water partition coefficient (Wildman–Crippen LogP) is 2.23. The monoisotopic (exact) mass is 366 g/mol. The molecule has 2 aliphatic rings. The van der Waals surface area contributed by atoms with Crippen LogP contribution < -0.4 is 4.57 Å². The summed E-state index contributed by atoms with van der Waals surface area (Å²) in [7, 11) is 3.61. The Labute approximate surface area is 158 Å². The minimum atomic E-state index is -0.590. The number of hydrogen-bond donors (Lipinski definition) is 0. The van der Waals surface area contributed by atoms with Gasteiger partial charge in [0.05, 0.1) is 13.6 Å². The fraction of sp³-hybridized carbons (Fsp3) is 0.400. The lowest BCUT2D eigenvalue weighted by Gasteiger charge is -2.33. The van der Waals surface area contributed by atoms with Crippen LogP contribution in [0.15, 0.2) is 23.2 Å². The summed E-state index contributed by atoms with van der Waals surface area (Å²) in [5.41, 5.74) is 5.19. The van der Waals surface area contributed by atoms with Crippen LogP contribution in [0.2, 0.25) is 0 Å². The first-order valence-electron chi connectivity index (χ1n) is 9.03. The van der Waals surface area contributed by atoms with E-state index in [0.717, 1.165) is 28.1 Å². The number of likely N-dealkylation sites (N-methyl/N-ethyl adjacent to an activating group) is 1. The number of carbonyl (C=O) groups excluding carboxylic acids is 2. The summed E-state index contributed by atoms with van der Waals surface area (Å²) in [6.45, 7) is 8.26. The highest BCUT2D eigenvalue weighted by Crippen LogP contribution is 2.35. The Kier molecular flexibility index (Phi) is 3.73. The van der Waals surface area contributed by atoms with Crippen LogP contribution in [0.5, 0.6) is 0 Å². The van der Waals surface area contributed by atoms with Gasteiger partial charge in [-0.15, -0.1) is 0 Å². The van der Waals surface area contributed by atoms with Gasteiger partial charge in [-0.1, -0.05) is 28.8 Å². The van der Waals surface area contributed by atoms with Crippen molar-refractivity contribution in [3.05, 3.63) is 46.3 Å². The number of aliphatic imine (C=N–C) groups is 1. The third kappa shape index (κ3) is 2.34. The Morgan fingerprint density at radius 3 is 2.56 bits per heavy atom. The molecule has 1 aromatic heterocycles. The average Bonchev–Trinajstić information content (AvgIpc) is 3.13. The Morgan fingerprint density at radius 1 is 1.15 bits per heavy atom. The second kappa shape index (κ2) is 5.77. The molecule has 3 heterocycles. The van der Waals surface area contributed by atoms with E-state index in [-0.39, 0.29) is 18.5 Å². The topological polar surface area (TPSA) is 61.8 Å². The molecule has 0 saturated carbocycles. The molecule has 0 N–H and O–H groups in total. The minimum absolute atomic E-state index is 0.227. The predicted molar refractivity (Wildman–Crippen MR) is 101 cm³/mol. The molecule has 3 amide bonds. The zero-order valence-electron chi connectivity index (χ0n) is 16.6. The summed E-state index contributed by atoms with van der Waals surface area (Å²) in [6.07, 6.45) is 0. The summed E-state index contributed by atoms with van der Waals surface area (Å²) < 4.78 is 3.90. The standard InChI is InChI=1S/C20H24N5O2/c1-11-7-8-12(2)15(9-11)10-24-18(26)16-17(23(6)20(24)27)21-19-22(5)13(3)14(4)25(16)19/h7-9,16H,10H2,1-6H3/q+1.